The molecule has 24 heavy (non-hydrogen) atoms. The molecule has 0 radical (unpaired) electrons. The number of thiazole rings is 1. The standard InChI is InChI=1S/C14H20F3N5OS/c1-9(2)5-18-13(20-7-12(23)22(3)4)19-6-11-21-10(8-24-11)14(15,16)17/h8H,1,5-7H2,2-4H3,(H2,18,19,20). The normalized spacial score (nSPS) is 12.0. The third kappa shape index (κ3) is 6.99. The van der Waals surface area contributed by atoms with Crippen LogP contribution in [0, 0.1) is 0 Å². The summed E-state index contributed by atoms with van der Waals surface area (Å²) in [6.07, 6.45) is -4.46. The van der Waals surface area contributed by atoms with E-state index in [1.54, 1.807) is 14.1 Å². The minimum atomic E-state index is -4.46. The first-order chi connectivity index (χ1) is 11.1. The number of hydrogen-bond donors (Lipinski definition) is 2. The van der Waals surface area contributed by atoms with Crippen molar-refractivity contribution < 1.29 is 18.0 Å². The van der Waals surface area contributed by atoms with Crippen LogP contribution < -0.4 is 10.6 Å². The Morgan fingerprint density at radius 1 is 1.42 bits per heavy atom. The number of alkyl halides is 3. The zero-order chi connectivity index (χ0) is 18.3. The number of amides is 1. The largest absolute Gasteiger partial charge is 0.434 e. The van der Waals surface area contributed by atoms with E-state index >= 15 is 0 Å². The first-order valence-corrected chi connectivity index (χ1v) is 7.86. The second-order valence-corrected chi connectivity index (χ2v) is 6.18. The lowest BCUT2D eigenvalue weighted by Gasteiger charge is -2.13. The highest BCUT2D eigenvalue weighted by Crippen LogP contribution is 2.29. The number of aliphatic imine (C=N–C) groups is 1. The molecule has 134 valence electrons. The third-order valence-electron chi connectivity index (χ3n) is 2.68. The zero-order valence-electron chi connectivity index (χ0n) is 13.7. The van der Waals surface area contributed by atoms with Crippen molar-refractivity contribution in [3.05, 3.63) is 28.2 Å². The average molecular weight is 363 g/mol. The molecule has 1 rings (SSSR count). The van der Waals surface area contributed by atoms with Crippen LogP contribution in [0.1, 0.15) is 17.6 Å². The molecule has 1 heterocycles. The van der Waals surface area contributed by atoms with Crippen LogP contribution in [0.3, 0.4) is 0 Å². The lowest BCUT2D eigenvalue weighted by atomic mass is 10.3. The highest BCUT2D eigenvalue weighted by molar-refractivity contribution is 7.09. The fourth-order valence-electron chi connectivity index (χ4n) is 1.38. The van der Waals surface area contributed by atoms with E-state index < -0.39 is 11.9 Å². The Morgan fingerprint density at radius 2 is 2.08 bits per heavy atom. The second-order valence-electron chi connectivity index (χ2n) is 5.24. The van der Waals surface area contributed by atoms with Gasteiger partial charge in [-0.1, -0.05) is 12.2 Å². The number of halogens is 3. The molecule has 1 amide bonds. The van der Waals surface area contributed by atoms with Gasteiger partial charge >= 0.3 is 6.18 Å². The van der Waals surface area contributed by atoms with Gasteiger partial charge in [0.05, 0.1) is 6.54 Å². The average Bonchev–Trinajstić information content (AvgIpc) is 2.94. The highest BCUT2D eigenvalue weighted by atomic mass is 32.1. The van der Waals surface area contributed by atoms with Crippen LogP contribution in [0.25, 0.3) is 0 Å². The molecule has 0 saturated carbocycles. The molecule has 0 bridgehead atoms. The van der Waals surface area contributed by atoms with Crippen LogP contribution in [0.2, 0.25) is 0 Å². The smallest absolute Gasteiger partial charge is 0.353 e. The van der Waals surface area contributed by atoms with E-state index in [1.807, 2.05) is 6.92 Å². The van der Waals surface area contributed by atoms with Crippen molar-refractivity contribution >= 4 is 23.2 Å². The van der Waals surface area contributed by atoms with E-state index in [2.05, 4.69) is 27.2 Å². The monoisotopic (exact) mass is 363 g/mol. The van der Waals surface area contributed by atoms with Gasteiger partial charge in [-0.25, -0.2) is 9.98 Å². The van der Waals surface area contributed by atoms with E-state index in [-0.39, 0.29) is 24.0 Å². The first-order valence-electron chi connectivity index (χ1n) is 6.98. The van der Waals surface area contributed by atoms with Crippen molar-refractivity contribution in [3.8, 4) is 0 Å². The topological polar surface area (TPSA) is 69.6 Å². The summed E-state index contributed by atoms with van der Waals surface area (Å²) in [6.45, 7) is 5.97. The van der Waals surface area contributed by atoms with Gasteiger partial charge in [-0.15, -0.1) is 11.3 Å². The Hall–Kier alpha value is -2.10. The van der Waals surface area contributed by atoms with E-state index in [4.69, 9.17) is 0 Å². The minimum Gasteiger partial charge on any atom is -0.353 e. The lowest BCUT2D eigenvalue weighted by molar-refractivity contribution is -0.140. The molecule has 2 N–H and O–H groups in total. The number of nitrogens with one attached hydrogen (secondary N) is 2. The molecule has 0 fully saturated rings. The van der Waals surface area contributed by atoms with Crippen LogP contribution >= 0.6 is 11.3 Å². The van der Waals surface area contributed by atoms with E-state index in [1.165, 1.54) is 4.90 Å². The summed E-state index contributed by atoms with van der Waals surface area (Å²) in [4.78, 5) is 20.6. The molecule has 0 aromatic carbocycles. The van der Waals surface area contributed by atoms with E-state index in [0.29, 0.717) is 12.5 Å². The zero-order valence-corrected chi connectivity index (χ0v) is 14.5. The van der Waals surface area contributed by atoms with Gasteiger partial charge in [0.15, 0.2) is 11.7 Å². The van der Waals surface area contributed by atoms with Gasteiger partial charge in [-0.05, 0) is 6.92 Å². The van der Waals surface area contributed by atoms with E-state index in [9.17, 15) is 18.0 Å². The number of carbonyl (C=O) groups excluding carboxylic acids is 1. The number of rotatable bonds is 6. The fourth-order valence-corrected chi connectivity index (χ4v) is 2.12. The van der Waals surface area contributed by atoms with Crippen LogP contribution in [-0.4, -0.2) is 48.9 Å². The fraction of sp³-hybridized carbons (Fsp3) is 0.500. The summed E-state index contributed by atoms with van der Waals surface area (Å²) >= 11 is 0.903. The van der Waals surface area contributed by atoms with Crippen molar-refractivity contribution in [2.45, 2.75) is 19.6 Å². The molecule has 0 atom stereocenters. The molecule has 0 spiro atoms. The molecule has 6 nitrogen and oxygen atoms in total. The SMILES string of the molecule is C=C(C)CNC(=NCC(=O)N(C)C)NCc1nc(C(F)(F)F)cs1. The molecule has 0 aliphatic rings. The van der Waals surface area contributed by atoms with Crippen LogP contribution in [-0.2, 0) is 17.5 Å². The summed E-state index contributed by atoms with van der Waals surface area (Å²) in [5.41, 5.74) is -0.0717. The second kappa shape index (κ2) is 8.67. The number of guanidine groups is 1. The summed E-state index contributed by atoms with van der Waals surface area (Å²) in [7, 11) is 3.22. The maximum Gasteiger partial charge on any atom is 0.434 e. The van der Waals surface area contributed by atoms with Gasteiger partial charge in [0, 0.05) is 26.0 Å². The Morgan fingerprint density at radius 3 is 2.58 bits per heavy atom. The molecule has 0 aliphatic heterocycles. The summed E-state index contributed by atoms with van der Waals surface area (Å²) in [5, 5.41) is 7.03. The lowest BCUT2D eigenvalue weighted by Crippen LogP contribution is -2.38. The number of aromatic nitrogens is 1. The van der Waals surface area contributed by atoms with Crippen molar-refractivity contribution in [2.75, 3.05) is 27.2 Å². The van der Waals surface area contributed by atoms with E-state index in [0.717, 1.165) is 22.3 Å². The molecule has 1 aromatic rings. The quantitative estimate of drug-likeness (QED) is 0.460. The molecule has 0 saturated heterocycles. The maximum atomic E-state index is 12.5. The minimum absolute atomic E-state index is 0.0684. The maximum absolute atomic E-state index is 12.5. The van der Waals surface area contributed by atoms with Crippen LogP contribution in [0.5, 0.6) is 0 Å². The summed E-state index contributed by atoms with van der Waals surface area (Å²) in [5.74, 6) is 0.108. The molecule has 10 heteroatoms. The van der Waals surface area contributed by atoms with Crippen molar-refractivity contribution in [2.24, 2.45) is 4.99 Å². The first kappa shape index (κ1) is 19.9. The van der Waals surface area contributed by atoms with Gasteiger partial charge in [-0.2, -0.15) is 13.2 Å². The predicted octanol–water partition coefficient (Wildman–Crippen LogP) is 1.86. The molecular weight excluding hydrogens is 343 g/mol. The summed E-state index contributed by atoms with van der Waals surface area (Å²) < 4.78 is 37.6. The van der Waals surface area contributed by atoms with Crippen molar-refractivity contribution in [1.29, 1.82) is 0 Å². The van der Waals surface area contributed by atoms with Gasteiger partial charge in [0.1, 0.15) is 11.6 Å². The Bertz CT molecular complexity index is 610. The highest BCUT2D eigenvalue weighted by Gasteiger charge is 2.33. The van der Waals surface area contributed by atoms with Crippen molar-refractivity contribution in [3.63, 3.8) is 0 Å². The Kier molecular flexibility index (Phi) is 7.20. The van der Waals surface area contributed by atoms with Gasteiger partial charge in [0.2, 0.25) is 5.91 Å². The number of likely N-dealkylation sites (N-methyl/N-ethyl adjacent to an activating group) is 1. The van der Waals surface area contributed by atoms with Crippen LogP contribution in [0.4, 0.5) is 13.2 Å². The predicted molar refractivity (Wildman–Crippen MR) is 87.8 cm³/mol. The molecule has 0 unspecified atom stereocenters. The third-order valence-corrected chi connectivity index (χ3v) is 3.53. The number of nitrogens with zero attached hydrogens (tertiary/aromatic N) is 3. The number of hydrogen-bond acceptors (Lipinski definition) is 4. The number of carbonyl (C=O) groups is 1. The van der Waals surface area contributed by atoms with Gasteiger partial charge in [0.25, 0.3) is 0 Å². The molecular formula is C14H20F3N5OS. The molecule has 0 aliphatic carbocycles. The Balaban J connectivity index is 2.70. The van der Waals surface area contributed by atoms with Crippen LogP contribution in [0.15, 0.2) is 22.5 Å². The molecule has 1 aromatic heterocycles. The van der Waals surface area contributed by atoms with Gasteiger partial charge < -0.3 is 15.5 Å². The summed E-state index contributed by atoms with van der Waals surface area (Å²) in [6, 6.07) is 0. The van der Waals surface area contributed by atoms with Crippen molar-refractivity contribution in [1.82, 2.24) is 20.5 Å². The Labute approximate surface area is 142 Å². The van der Waals surface area contributed by atoms with Gasteiger partial charge in [-0.3, -0.25) is 4.79 Å².